The molecule has 0 aliphatic carbocycles. The fourth-order valence-corrected chi connectivity index (χ4v) is 4.15. The van der Waals surface area contributed by atoms with Gasteiger partial charge in [0, 0.05) is 36.2 Å². The number of morpholine rings is 1. The van der Waals surface area contributed by atoms with Crippen LogP contribution in [0.2, 0.25) is 0 Å². The lowest BCUT2D eigenvalue weighted by atomic mass is 10.2. The number of hydrogen-bond acceptors (Lipinski definition) is 7. The second-order valence-corrected chi connectivity index (χ2v) is 10.1. The summed E-state index contributed by atoms with van der Waals surface area (Å²) in [4.78, 5) is 23.2. The first kappa shape index (κ1) is 23.9. The van der Waals surface area contributed by atoms with E-state index in [0.29, 0.717) is 49.3 Å². The number of nitrogens with one attached hydrogen (secondary N) is 2. The summed E-state index contributed by atoms with van der Waals surface area (Å²) < 4.78 is 30.0. The minimum Gasteiger partial charge on any atom is -0.377 e. The molecule has 10 heteroatoms. The third-order valence-corrected chi connectivity index (χ3v) is 6.79. The number of urea groups is 1. The van der Waals surface area contributed by atoms with Gasteiger partial charge in [-0.3, -0.25) is 0 Å². The normalized spacial score (nSPS) is 16.6. The molecule has 1 atom stereocenters. The number of benzene rings is 1. The highest BCUT2D eigenvalue weighted by Crippen LogP contribution is 2.25. The van der Waals surface area contributed by atoms with Crippen molar-refractivity contribution < 1.29 is 17.9 Å². The van der Waals surface area contributed by atoms with Gasteiger partial charge >= 0.3 is 6.03 Å². The molecule has 1 aliphatic heterocycles. The van der Waals surface area contributed by atoms with Crippen LogP contribution in [0.15, 0.2) is 30.3 Å². The van der Waals surface area contributed by atoms with Gasteiger partial charge < -0.3 is 20.3 Å². The van der Waals surface area contributed by atoms with E-state index in [1.54, 1.807) is 25.1 Å². The highest BCUT2D eigenvalue weighted by molar-refractivity contribution is 7.90. The van der Waals surface area contributed by atoms with Crippen LogP contribution < -0.4 is 15.5 Å². The molecule has 1 fully saturated rings. The predicted octanol–water partition coefficient (Wildman–Crippen LogP) is 2.83. The number of carbonyl (C=O) groups excluding carboxylic acids is 1. The second kappa shape index (κ2) is 10.7. The fourth-order valence-electron chi connectivity index (χ4n) is 3.34. The molecule has 1 saturated heterocycles. The van der Waals surface area contributed by atoms with Crippen LogP contribution >= 0.6 is 0 Å². The van der Waals surface area contributed by atoms with Crippen LogP contribution in [0.25, 0.3) is 11.4 Å². The van der Waals surface area contributed by atoms with Crippen molar-refractivity contribution in [1.82, 2.24) is 15.3 Å². The van der Waals surface area contributed by atoms with Crippen LogP contribution in [-0.2, 0) is 20.3 Å². The zero-order valence-corrected chi connectivity index (χ0v) is 19.6. The topological polar surface area (TPSA) is 114 Å². The quantitative estimate of drug-likeness (QED) is 0.621. The Kier molecular flexibility index (Phi) is 8.03. The van der Waals surface area contributed by atoms with Gasteiger partial charge in [0.1, 0.15) is 5.82 Å². The molecule has 0 saturated carbocycles. The highest BCUT2D eigenvalue weighted by Gasteiger charge is 2.23. The molecule has 3 rings (SSSR count). The molecule has 9 nitrogen and oxygen atoms in total. The number of carbonyl (C=O) groups is 1. The van der Waals surface area contributed by atoms with Gasteiger partial charge in [-0.25, -0.2) is 23.2 Å². The lowest BCUT2D eigenvalue weighted by Gasteiger charge is -2.34. The molecule has 0 radical (unpaired) electrons. The van der Waals surface area contributed by atoms with Gasteiger partial charge in [0.2, 0.25) is 0 Å². The van der Waals surface area contributed by atoms with Gasteiger partial charge in [-0.15, -0.1) is 0 Å². The molecule has 2 N–H and O–H groups in total. The maximum Gasteiger partial charge on any atom is 0.319 e. The Bertz CT molecular complexity index is 1030. The molecule has 0 unspecified atom stereocenters. The third-order valence-electron chi connectivity index (χ3n) is 5.17. The molecule has 0 bridgehead atoms. The van der Waals surface area contributed by atoms with Gasteiger partial charge in [-0.05, 0) is 37.6 Å². The number of ether oxygens (including phenoxy) is 1. The summed E-state index contributed by atoms with van der Waals surface area (Å²) in [5.74, 6) is 1.05. The summed E-state index contributed by atoms with van der Waals surface area (Å²) in [6.07, 6.45) is 0.859. The molecular weight excluding hydrogens is 430 g/mol. The van der Waals surface area contributed by atoms with Gasteiger partial charge in [0.25, 0.3) is 0 Å². The van der Waals surface area contributed by atoms with E-state index in [-0.39, 0.29) is 23.6 Å². The predicted molar refractivity (Wildman–Crippen MR) is 126 cm³/mol. The van der Waals surface area contributed by atoms with E-state index in [4.69, 9.17) is 9.72 Å². The van der Waals surface area contributed by atoms with E-state index < -0.39 is 9.84 Å². The smallest absolute Gasteiger partial charge is 0.319 e. The average Bonchev–Trinajstić information content (AvgIpc) is 2.78. The van der Waals surface area contributed by atoms with E-state index in [9.17, 15) is 13.2 Å². The Hall–Kier alpha value is -2.72. The molecule has 0 spiro atoms. The number of sulfone groups is 1. The minimum absolute atomic E-state index is 0.0517. The van der Waals surface area contributed by atoms with Crippen LogP contribution in [0.5, 0.6) is 0 Å². The largest absolute Gasteiger partial charge is 0.377 e. The summed E-state index contributed by atoms with van der Waals surface area (Å²) in [7, 11) is -3.25. The average molecular weight is 462 g/mol. The van der Waals surface area contributed by atoms with Crippen molar-refractivity contribution in [3.63, 3.8) is 0 Å². The van der Waals surface area contributed by atoms with E-state index in [1.165, 1.54) is 0 Å². The molecule has 1 aliphatic rings. The number of anilines is 2. The Morgan fingerprint density at radius 1 is 1.22 bits per heavy atom. The maximum atomic E-state index is 12.3. The number of amides is 2. The first-order valence-electron chi connectivity index (χ1n) is 10.9. The lowest BCUT2D eigenvalue weighted by Crippen LogP contribution is -2.44. The number of hydrogen-bond donors (Lipinski definition) is 2. The summed E-state index contributed by atoms with van der Waals surface area (Å²) >= 11 is 0. The van der Waals surface area contributed by atoms with E-state index >= 15 is 0 Å². The van der Waals surface area contributed by atoms with Crippen LogP contribution in [0.1, 0.15) is 32.9 Å². The summed E-state index contributed by atoms with van der Waals surface area (Å²) in [6.45, 7) is 8.12. The SMILES string of the molecule is CCCNC(=O)Nc1ccc(-c2nc(CS(=O)(=O)CC)cc(N3CCOC[C@@H]3C)n2)cc1. The summed E-state index contributed by atoms with van der Waals surface area (Å²) in [5.41, 5.74) is 1.85. The number of rotatable bonds is 8. The Morgan fingerprint density at radius 2 is 1.97 bits per heavy atom. The number of nitrogens with zero attached hydrogens (tertiary/aromatic N) is 3. The van der Waals surface area contributed by atoms with Crippen molar-refractivity contribution in [3.8, 4) is 11.4 Å². The monoisotopic (exact) mass is 461 g/mol. The fraction of sp³-hybridized carbons (Fsp3) is 0.500. The van der Waals surface area contributed by atoms with Gasteiger partial charge in [-0.2, -0.15) is 0 Å². The van der Waals surface area contributed by atoms with Crippen LogP contribution in [-0.4, -0.2) is 62.5 Å². The van der Waals surface area contributed by atoms with Crippen LogP contribution in [0, 0.1) is 0 Å². The lowest BCUT2D eigenvalue weighted by molar-refractivity contribution is 0.0985. The number of aromatic nitrogens is 2. The van der Waals surface area contributed by atoms with Crippen molar-refractivity contribution in [2.75, 3.05) is 42.3 Å². The minimum atomic E-state index is -3.25. The zero-order valence-electron chi connectivity index (χ0n) is 18.8. The molecule has 1 aromatic carbocycles. The first-order valence-corrected chi connectivity index (χ1v) is 12.7. The van der Waals surface area contributed by atoms with Gasteiger partial charge in [0.05, 0.1) is 30.7 Å². The Balaban J connectivity index is 1.90. The summed E-state index contributed by atoms with van der Waals surface area (Å²) in [6, 6.07) is 8.80. The van der Waals surface area contributed by atoms with Crippen LogP contribution in [0.4, 0.5) is 16.3 Å². The Morgan fingerprint density at radius 3 is 2.62 bits per heavy atom. The molecule has 2 amide bonds. The second-order valence-electron chi connectivity index (χ2n) is 7.79. The highest BCUT2D eigenvalue weighted by atomic mass is 32.2. The van der Waals surface area contributed by atoms with E-state index in [0.717, 1.165) is 12.0 Å². The summed E-state index contributed by atoms with van der Waals surface area (Å²) in [5, 5.41) is 5.54. The van der Waals surface area contributed by atoms with E-state index in [2.05, 4.69) is 20.5 Å². The molecule has 2 aromatic rings. The van der Waals surface area contributed by atoms with Crippen molar-refractivity contribution in [3.05, 3.63) is 36.0 Å². The zero-order chi connectivity index (χ0) is 23.1. The third kappa shape index (κ3) is 6.39. The molecule has 174 valence electrons. The maximum absolute atomic E-state index is 12.3. The molecule has 2 heterocycles. The molecule has 1 aromatic heterocycles. The Labute approximate surface area is 189 Å². The first-order chi connectivity index (χ1) is 15.3. The van der Waals surface area contributed by atoms with Crippen molar-refractivity contribution in [2.24, 2.45) is 0 Å². The van der Waals surface area contributed by atoms with Gasteiger partial charge in [0.15, 0.2) is 15.7 Å². The standard InChI is InChI=1S/C22H31N5O4S/c1-4-10-23-22(28)25-18-8-6-17(7-9-18)21-24-19(15-32(29,30)5-2)13-20(26-21)27-11-12-31-14-16(27)3/h6-9,13,16H,4-5,10-12,14-15H2,1-3H3,(H2,23,25,28)/t16-/m0/s1. The van der Waals surface area contributed by atoms with Crippen molar-refractivity contribution >= 4 is 27.4 Å². The van der Waals surface area contributed by atoms with Gasteiger partial charge in [-0.1, -0.05) is 13.8 Å². The van der Waals surface area contributed by atoms with Crippen molar-refractivity contribution in [2.45, 2.75) is 39.0 Å². The van der Waals surface area contributed by atoms with Crippen molar-refractivity contribution in [1.29, 1.82) is 0 Å². The van der Waals surface area contributed by atoms with E-state index in [1.807, 2.05) is 26.0 Å². The molecule has 32 heavy (non-hydrogen) atoms. The molecular formula is C22H31N5O4S. The van der Waals surface area contributed by atoms with Crippen LogP contribution in [0.3, 0.4) is 0 Å².